The smallest absolute Gasteiger partial charge is 0.303 e. The standard InChI is InChI=1S/C51H30O2/c52-29(53)7-4-17-49(19-5-2-1-3-6-19)50-18-16-27-26-13-12-23-22-9-8-20-21-10-11-24-25-14-15-28(50)37-36(25)40-33(24)32(21)38-30(20)31(22)39-34(23)35(26)45-44-42(39)41(38)43(40)46(44)48(37)51(49,50)47(27)45/h1-3,5-6,8-16,18,20,22-23,28,30-31,34,47H,4,7,17H2,(H,52,53). The zero-order valence-electron chi connectivity index (χ0n) is 28.8. The van der Waals surface area contributed by atoms with Crippen LogP contribution in [0.3, 0.4) is 0 Å². The number of carboxylic acid groups (broad SMARTS) is 1. The van der Waals surface area contributed by atoms with E-state index in [0.29, 0.717) is 47.8 Å². The number of hydrogen-bond acceptors (Lipinski definition) is 1. The van der Waals surface area contributed by atoms with E-state index in [-0.39, 0.29) is 28.6 Å². The molecule has 0 amide bonds. The second-order valence-electron chi connectivity index (χ2n) is 19.1. The molecule has 12 aliphatic rings. The van der Waals surface area contributed by atoms with Crippen molar-refractivity contribution in [3.05, 3.63) is 146 Å². The molecule has 0 heterocycles. The van der Waals surface area contributed by atoms with E-state index in [9.17, 15) is 9.90 Å². The lowest BCUT2D eigenvalue weighted by Gasteiger charge is -2.42. The molecule has 2 saturated carbocycles. The molecule has 0 aromatic heterocycles. The van der Waals surface area contributed by atoms with Crippen LogP contribution in [0.2, 0.25) is 0 Å². The topological polar surface area (TPSA) is 37.3 Å². The molecule has 1 N–H and O–H groups in total. The molecule has 1 spiro atoms. The van der Waals surface area contributed by atoms with Gasteiger partial charge in [-0.05, 0) is 146 Å². The normalized spacial score (nSPS) is 40.6. The molecule has 2 heteroatoms. The molecule has 0 saturated heterocycles. The van der Waals surface area contributed by atoms with E-state index >= 15 is 0 Å². The highest BCUT2D eigenvalue weighted by molar-refractivity contribution is 6.42. The van der Waals surface area contributed by atoms with Crippen LogP contribution in [0.5, 0.6) is 0 Å². The number of allylic oxidation sites excluding steroid dienone is 11. The highest BCUT2D eigenvalue weighted by atomic mass is 16.4. The number of benzene rings is 4. The molecule has 2 fully saturated rings. The number of carbonyl (C=O) groups is 1. The van der Waals surface area contributed by atoms with E-state index in [2.05, 4.69) is 91.1 Å². The Labute approximate surface area is 303 Å². The van der Waals surface area contributed by atoms with E-state index in [0.717, 1.165) is 6.42 Å². The van der Waals surface area contributed by atoms with Crippen molar-refractivity contribution in [1.29, 1.82) is 0 Å². The van der Waals surface area contributed by atoms with Crippen molar-refractivity contribution >= 4 is 66.3 Å². The molecule has 0 radical (unpaired) electrons. The van der Waals surface area contributed by atoms with Crippen molar-refractivity contribution in [2.24, 2.45) is 35.0 Å². The van der Waals surface area contributed by atoms with Gasteiger partial charge in [-0.1, -0.05) is 91.1 Å². The molecule has 0 aliphatic heterocycles. The molecule has 12 aliphatic carbocycles. The Hall–Kier alpha value is -5.21. The van der Waals surface area contributed by atoms with Crippen molar-refractivity contribution in [2.75, 3.05) is 0 Å². The average molecular weight is 675 g/mol. The second-order valence-corrected chi connectivity index (χ2v) is 19.1. The molecule has 11 atom stereocenters. The molecule has 2 nitrogen and oxygen atoms in total. The van der Waals surface area contributed by atoms with Crippen LogP contribution < -0.4 is 5.22 Å². The molecule has 6 aromatic rings. The zero-order chi connectivity index (χ0) is 33.5. The molecule has 6 aromatic carbocycles. The summed E-state index contributed by atoms with van der Waals surface area (Å²) < 4.78 is 0. The van der Waals surface area contributed by atoms with Gasteiger partial charge in [-0.25, -0.2) is 0 Å². The molecule has 18 rings (SSSR count). The fourth-order valence-electron chi connectivity index (χ4n) is 18.3. The third-order valence-electron chi connectivity index (χ3n) is 18.7. The minimum absolute atomic E-state index is 0.145. The quantitative estimate of drug-likeness (QED) is 0.146. The highest BCUT2D eigenvalue weighted by Crippen LogP contribution is 2.97. The highest BCUT2D eigenvalue weighted by Gasteiger charge is 2.95. The molecular weight excluding hydrogens is 645 g/mol. The molecule has 0 bridgehead atoms. The van der Waals surface area contributed by atoms with Crippen LogP contribution in [0.25, 0.3) is 60.3 Å². The first kappa shape index (κ1) is 24.9. The fraction of sp³-hybridized carbons (Fsp3) is 0.275. The van der Waals surface area contributed by atoms with Gasteiger partial charge in [-0.15, -0.1) is 0 Å². The van der Waals surface area contributed by atoms with Crippen LogP contribution in [0.15, 0.2) is 102 Å². The van der Waals surface area contributed by atoms with Crippen LogP contribution >= 0.6 is 0 Å². The van der Waals surface area contributed by atoms with Crippen molar-refractivity contribution in [1.82, 2.24) is 0 Å². The Bertz CT molecular complexity index is 3340. The maximum absolute atomic E-state index is 12.3. The summed E-state index contributed by atoms with van der Waals surface area (Å²) in [6, 6.07) is 16.6. The Balaban J connectivity index is 1.16. The third kappa shape index (κ3) is 1.79. The lowest BCUT2D eigenvalue weighted by Crippen LogP contribution is -2.38. The summed E-state index contributed by atoms with van der Waals surface area (Å²) >= 11 is 0. The van der Waals surface area contributed by atoms with Crippen LogP contribution in [0.4, 0.5) is 0 Å². The summed E-state index contributed by atoms with van der Waals surface area (Å²) in [4.78, 5) is 12.3. The van der Waals surface area contributed by atoms with E-state index in [1.165, 1.54) is 16.5 Å². The van der Waals surface area contributed by atoms with Gasteiger partial charge < -0.3 is 5.11 Å². The first-order valence-electron chi connectivity index (χ1n) is 20.3. The van der Waals surface area contributed by atoms with E-state index in [1.807, 2.05) is 5.57 Å². The van der Waals surface area contributed by atoms with Crippen molar-refractivity contribution in [2.45, 2.75) is 47.8 Å². The fourth-order valence-corrected chi connectivity index (χ4v) is 18.3. The Morgan fingerprint density at radius 1 is 0.774 bits per heavy atom. The van der Waals surface area contributed by atoms with Gasteiger partial charge in [0.05, 0.1) is 0 Å². The minimum atomic E-state index is -0.674. The van der Waals surface area contributed by atoms with Crippen molar-refractivity contribution in [3.8, 4) is 0 Å². The summed E-state index contributed by atoms with van der Waals surface area (Å²) in [5.74, 6) is 3.04. The van der Waals surface area contributed by atoms with Crippen LogP contribution in [0.1, 0.15) is 76.0 Å². The maximum atomic E-state index is 12.3. The van der Waals surface area contributed by atoms with Gasteiger partial charge in [-0.2, -0.15) is 0 Å². The van der Waals surface area contributed by atoms with Gasteiger partial charge in [0.2, 0.25) is 0 Å². The van der Waals surface area contributed by atoms with Gasteiger partial charge in [0, 0.05) is 52.3 Å². The first-order valence-corrected chi connectivity index (χ1v) is 20.3. The molecule has 53 heavy (non-hydrogen) atoms. The SMILES string of the molecule is O=C(O)CCCC1(c2ccccc2)C23C=CC4=C5C=CC6C7C5=C5c8c9c%10c%11c%12c(ccc%13c%14c%15c(c(c8c%10c%15c%13%12)C12C45)C3C=C%14)C1C=CC6C(C=97)C%111. The lowest BCUT2D eigenvalue weighted by molar-refractivity contribution is -0.137. The van der Waals surface area contributed by atoms with Crippen LogP contribution in [-0.4, -0.2) is 11.1 Å². The summed E-state index contributed by atoms with van der Waals surface area (Å²) in [6.45, 7) is 0. The van der Waals surface area contributed by atoms with E-state index in [1.54, 1.807) is 93.0 Å². The van der Waals surface area contributed by atoms with Crippen molar-refractivity contribution in [3.63, 3.8) is 0 Å². The Morgan fingerprint density at radius 2 is 1.68 bits per heavy atom. The zero-order valence-corrected chi connectivity index (χ0v) is 28.8. The number of aliphatic carboxylic acids is 1. The van der Waals surface area contributed by atoms with Gasteiger partial charge in [0.25, 0.3) is 0 Å². The number of fused-ring (bicyclic) bond motifs is 3. The Kier molecular flexibility index (Phi) is 3.16. The third-order valence-corrected chi connectivity index (χ3v) is 18.7. The predicted molar refractivity (Wildman–Crippen MR) is 207 cm³/mol. The monoisotopic (exact) mass is 674 g/mol. The minimum Gasteiger partial charge on any atom is -0.481 e. The number of hydrogen-bond donors (Lipinski definition) is 1. The lowest BCUT2D eigenvalue weighted by atomic mass is 9.60. The summed E-state index contributed by atoms with van der Waals surface area (Å²) in [5, 5.41) is 24.6. The van der Waals surface area contributed by atoms with Gasteiger partial charge in [-0.3, -0.25) is 4.79 Å². The molecular formula is C51H30O2. The number of carboxylic acids is 1. The second kappa shape index (κ2) is 6.72. The maximum Gasteiger partial charge on any atom is 0.303 e. The van der Waals surface area contributed by atoms with E-state index < -0.39 is 5.97 Å². The van der Waals surface area contributed by atoms with Crippen molar-refractivity contribution < 1.29 is 9.90 Å². The molecule has 246 valence electrons. The van der Waals surface area contributed by atoms with Gasteiger partial charge in [0.1, 0.15) is 0 Å². The molecule has 11 unspecified atom stereocenters. The van der Waals surface area contributed by atoms with E-state index in [4.69, 9.17) is 0 Å². The summed E-state index contributed by atoms with van der Waals surface area (Å²) in [6.07, 6.45) is 23.0. The van der Waals surface area contributed by atoms with Crippen LogP contribution in [-0.2, 0) is 15.6 Å². The summed E-state index contributed by atoms with van der Waals surface area (Å²) in [5.41, 5.74) is 19.1. The number of rotatable bonds is 5. The van der Waals surface area contributed by atoms with Crippen LogP contribution in [0, 0.1) is 35.0 Å². The summed E-state index contributed by atoms with van der Waals surface area (Å²) in [7, 11) is 0. The van der Waals surface area contributed by atoms with Gasteiger partial charge in [0.15, 0.2) is 0 Å². The largest absolute Gasteiger partial charge is 0.481 e. The Morgan fingerprint density at radius 3 is 2.58 bits per heavy atom. The predicted octanol–water partition coefficient (Wildman–Crippen LogP) is 9.69. The first-order chi connectivity index (χ1) is 26.2. The average Bonchev–Trinajstić information content (AvgIpc) is 3.85. The van der Waals surface area contributed by atoms with Gasteiger partial charge >= 0.3 is 5.97 Å².